The summed E-state index contributed by atoms with van der Waals surface area (Å²) in [4.78, 5) is 28.2. The first-order valence-electron chi connectivity index (χ1n) is 11.4. The lowest BCUT2D eigenvalue weighted by atomic mass is 9.88. The number of fused-ring (bicyclic) bond motifs is 1. The highest BCUT2D eigenvalue weighted by molar-refractivity contribution is 6.01. The number of carbonyl (C=O) groups excluding carboxylic acids is 2. The molecule has 0 fully saturated rings. The molecule has 2 aromatic carbocycles. The van der Waals surface area contributed by atoms with Crippen LogP contribution < -0.4 is 15.5 Å². The highest BCUT2D eigenvalue weighted by Gasteiger charge is 2.38. The van der Waals surface area contributed by atoms with E-state index >= 15 is 0 Å². The Labute approximate surface area is 193 Å². The predicted octanol–water partition coefficient (Wildman–Crippen LogP) is 4.62. The van der Waals surface area contributed by atoms with Crippen molar-refractivity contribution in [3.05, 3.63) is 95.6 Å². The van der Waals surface area contributed by atoms with Gasteiger partial charge in [-0.1, -0.05) is 42.5 Å². The number of amides is 1. The smallest absolute Gasteiger partial charge is 0.239 e. The summed E-state index contributed by atoms with van der Waals surface area (Å²) >= 11 is 0. The van der Waals surface area contributed by atoms with Gasteiger partial charge in [-0.2, -0.15) is 0 Å². The molecule has 0 spiro atoms. The lowest BCUT2D eigenvalue weighted by Crippen LogP contribution is -2.41. The van der Waals surface area contributed by atoms with Gasteiger partial charge in [-0.05, 0) is 49.1 Å². The first-order valence-corrected chi connectivity index (χ1v) is 11.4. The molecule has 6 heteroatoms. The van der Waals surface area contributed by atoms with Crippen LogP contribution in [-0.4, -0.2) is 24.8 Å². The summed E-state index contributed by atoms with van der Waals surface area (Å²) in [7, 11) is 0. The summed E-state index contributed by atoms with van der Waals surface area (Å²) in [5.41, 5.74) is 4.57. The third kappa shape index (κ3) is 4.42. The molecular weight excluding hydrogens is 414 g/mol. The van der Waals surface area contributed by atoms with E-state index in [2.05, 4.69) is 22.8 Å². The van der Waals surface area contributed by atoms with Gasteiger partial charge in [-0.25, -0.2) is 0 Å². The summed E-state index contributed by atoms with van der Waals surface area (Å²) in [6.45, 7) is 0.664. The van der Waals surface area contributed by atoms with Crippen LogP contribution in [0.4, 0.5) is 11.4 Å². The topological polar surface area (TPSA) is 74.6 Å². The number of para-hydroxylation sites is 2. The number of benzene rings is 2. The van der Waals surface area contributed by atoms with Gasteiger partial charge < -0.3 is 20.0 Å². The summed E-state index contributed by atoms with van der Waals surface area (Å²) in [5.74, 6) is 0.672. The number of furan rings is 1. The molecule has 168 valence electrons. The van der Waals surface area contributed by atoms with Crippen molar-refractivity contribution < 1.29 is 14.0 Å². The zero-order valence-corrected chi connectivity index (χ0v) is 18.4. The Hall–Kier alpha value is -3.80. The van der Waals surface area contributed by atoms with E-state index in [0.29, 0.717) is 24.3 Å². The molecule has 0 saturated heterocycles. The van der Waals surface area contributed by atoms with E-state index in [-0.39, 0.29) is 18.2 Å². The molecule has 1 atom stereocenters. The minimum absolute atomic E-state index is 0.0930. The highest BCUT2D eigenvalue weighted by Crippen LogP contribution is 2.44. The predicted molar refractivity (Wildman–Crippen MR) is 128 cm³/mol. The van der Waals surface area contributed by atoms with Gasteiger partial charge in [0.05, 0.1) is 24.2 Å². The van der Waals surface area contributed by atoms with Crippen LogP contribution in [-0.2, 0) is 16.0 Å². The van der Waals surface area contributed by atoms with Crippen molar-refractivity contribution in [3.8, 4) is 0 Å². The fourth-order valence-corrected chi connectivity index (χ4v) is 4.72. The third-order valence-corrected chi connectivity index (χ3v) is 6.25. The molecule has 33 heavy (non-hydrogen) atoms. The van der Waals surface area contributed by atoms with Gasteiger partial charge in [0.25, 0.3) is 0 Å². The Kier molecular flexibility index (Phi) is 5.98. The number of rotatable bonds is 6. The number of anilines is 2. The first kappa shape index (κ1) is 21.1. The minimum atomic E-state index is -0.459. The summed E-state index contributed by atoms with van der Waals surface area (Å²) in [6, 6.07) is 21.2. The van der Waals surface area contributed by atoms with Crippen molar-refractivity contribution in [1.82, 2.24) is 5.32 Å². The van der Waals surface area contributed by atoms with Crippen LogP contribution in [0.25, 0.3) is 0 Å². The normalized spacial score (nSPS) is 17.6. The second-order valence-corrected chi connectivity index (χ2v) is 8.44. The van der Waals surface area contributed by atoms with E-state index in [1.54, 1.807) is 6.26 Å². The fraction of sp³-hybridized carbons (Fsp3) is 0.259. The number of hydrogen-bond acceptors (Lipinski definition) is 5. The Bertz CT molecular complexity index is 1170. The Morgan fingerprint density at radius 3 is 2.67 bits per heavy atom. The second-order valence-electron chi connectivity index (χ2n) is 8.44. The Morgan fingerprint density at radius 1 is 1.03 bits per heavy atom. The number of ketones is 1. The first-order chi connectivity index (χ1) is 16.2. The largest absolute Gasteiger partial charge is 0.467 e. The van der Waals surface area contributed by atoms with Gasteiger partial charge in [-0.15, -0.1) is 0 Å². The highest BCUT2D eigenvalue weighted by atomic mass is 16.3. The molecule has 0 radical (unpaired) electrons. The van der Waals surface area contributed by atoms with Crippen molar-refractivity contribution in [2.75, 3.05) is 23.3 Å². The third-order valence-electron chi connectivity index (χ3n) is 6.25. The van der Waals surface area contributed by atoms with Gasteiger partial charge in [0, 0.05) is 24.2 Å². The molecule has 1 amide bonds. The van der Waals surface area contributed by atoms with Crippen LogP contribution in [0.15, 0.2) is 88.7 Å². The van der Waals surface area contributed by atoms with Crippen LogP contribution in [0.5, 0.6) is 0 Å². The number of allylic oxidation sites excluding steroid dienone is 1. The summed E-state index contributed by atoms with van der Waals surface area (Å²) in [5, 5.41) is 6.54. The molecule has 2 N–H and O–H groups in total. The van der Waals surface area contributed by atoms with E-state index in [0.717, 1.165) is 36.3 Å². The number of Topliss-reactive ketones (excluding diaryl/α,β-unsaturated/α-hetero) is 1. The molecule has 2 aliphatic rings. The van der Waals surface area contributed by atoms with Gasteiger partial charge in [0.2, 0.25) is 5.91 Å². The van der Waals surface area contributed by atoms with E-state index < -0.39 is 6.04 Å². The molecule has 1 aliphatic carbocycles. The van der Waals surface area contributed by atoms with Crippen LogP contribution in [0.3, 0.4) is 0 Å². The molecule has 5 rings (SSSR count). The van der Waals surface area contributed by atoms with Crippen LogP contribution in [0, 0.1) is 0 Å². The zero-order chi connectivity index (χ0) is 22.6. The number of hydrogen-bond donors (Lipinski definition) is 2. The maximum atomic E-state index is 13.1. The molecule has 6 nitrogen and oxygen atoms in total. The van der Waals surface area contributed by atoms with Gasteiger partial charge in [0.15, 0.2) is 5.78 Å². The second kappa shape index (κ2) is 9.36. The zero-order valence-electron chi connectivity index (χ0n) is 18.4. The van der Waals surface area contributed by atoms with Crippen molar-refractivity contribution in [2.24, 2.45) is 0 Å². The molecule has 0 saturated carbocycles. The Balaban J connectivity index is 1.45. The fourth-order valence-electron chi connectivity index (χ4n) is 4.72. The number of nitrogens with zero attached hydrogens (tertiary/aromatic N) is 1. The van der Waals surface area contributed by atoms with Crippen molar-refractivity contribution in [1.29, 1.82) is 0 Å². The molecule has 1 aromatic heterocycles. The SMILES string of the molecule is O=C(CN1c2ccccc2NC2=C(C(=O)CCC2)C1c1ccco1)NCCc1ccccc1. The van der Waals surface area contributed by atoms with Gasteiger partial charge in [0.1, 0.15) is 11.8 Å². The molecule has 1 aliphatic heterocycles. The van der Waals surface area contributed by atoms with E-state index in [9.17, 15) is 9.59 Å². The van der Waals surface area contributed by atoms with E-state index in [1.807, 2.05) is 59.5 Å². The number of carbonyl (C=O) groups is 2. The van der Waals surface area contributed by atoms with Crippen LogP contribution in [0.2, 0.25) is 0 Å². The average Bonchev–Trinajstić information content (AvgIpc) is 3.31. The number of nitrogens with one attached hydrogen (secondary N) is 2. The van der Waals surface area contributed by atoms with Crippen LogP contribution >= 0.6 is 0 Å². The van der Waals surface area contributed by atoms with Crippen LogP contribution in [0.1, 0.15) is 36.6 Å². The quantitative estimate of drug-likeness (QED) is 0.584. The van der Waals surface area contributed by atoms with Crippen molar-refractivity contribution >= 4 is 23.1 Å². The maximum Gasteiger partial charge on any atom is 0.239 e. The van der Waals surface area contributed by atoms with E-state index in [4.69, 9.17) is 4.42 Å². The molecule has 1 unspecified atom stereocenters. The van der Waals surface area contributed by atoms with Gasteiger partial charge in [-0.3, -0.25) is 9.59 Å². The van der Waals surface area contributed by atoms with E-state index in [1.165, 1.54) is 5.56 Å². The average molecular weight is 442 g/mol. The molecular formula is C27H27N3O3. The Morgan fingerprint density at radius 2 is 1.85 bits per heavy atom. The maximum absolute atomic E-state index is 13.1. The molecule has 2 heterocycles. The lowest BCUT2D eigenvalue weighted by Gasteiger charge is -2.33. The van der Waals surface area contributed by atoms with Gasteiger partial charge >= 0.3 is 0 Å². The van der Waals surface area contributed by atoms with Crippen molar-refractivity contribution in [2.45, 2.75) is 31.7 Å². The standard InChI is InChI=1S/C27H27N3O3/c31-23-13-6-11-21-26(23)27(24-14-7-17-33-24)30(22-12-5-4-10-20(22)29-21)18-25(32)28-16-15-19-8-2-1-3-9-19/h1-5,7-10,12,14,17,27,29H,6,11,13,15-16,18H2,(H,28,32). The monoisotopic (exact) mass is 441 g/mol. The minimum Gasteiger partial charge on any atom is -0.467 e. The summed E-state index contributed by atoms with van der Waals surface area (Å²) in [6.07, 6.45) is 4.50. The molecule has 3 aromatic rings. The lowest BCUT2D eigenvalue weighted by molar-refractivity contribution is -0.120. The van der Waals surface area contributed by atoms with Crippen molar-refractivity contribution in [3.63, 3.8) is 0 Å². The molecule has 0 bridgehead atoms. The summed E-state index contributed by atoms with van der Waals surface area (Å²) < 4.78 is 5.80.